The van der Waals surface area contributed by atoms with Crippen LogP contribution in [0.15, 0.2) is 0 Å². The largest absolute Gasteiger partial charge is 0.481 e. The maximum atomic E-state index is 11.5. The molecule has 0 aromatic heterocycles. The Balaban J connectivity index is 3.80. The van der Waals surface area contributed by atoms with Gasteiger partial charge in [-0.1, -0.05) is 0 Å². The van der Waals surface area contributed by atoms with Gasteiger partial charge in [0.15, 0.2) is 0 Å². The Kier molecular flexibility index (Phi) is 7.78. The zero-order chi connectivity index (χ0) is 13.3. The summed E-state index contributed by atoms with van der Waals surface area (Å²) in [6.07, 6.45) is 3.43. The van der Waals surface area contributed by atoms with Gasteiger partial charge in [-0.2, -0.15) is 11.8 Å². The highest BCUT2D eigenvalue weighted by Crippen LogP contribution is 2.10. The fourth-order valence-electron chi connectivity index (χ4n) is 1.25. The van der Waals surface area contributed by atoms with Gasteiger partial charge in [-0.05, 0) is 38.7 Å². The first kappa shape index (κ1) is 16.1. The smallest absolute Gasteiger partial charge is 0.315 e. The zero-order valence-electron chi connectivity index (χ0n) is 10.7. The van der Waals surface area contributed by atoms with Crippen LogP contribution in [0.25, 0.3) is 0 Å². The second-order valence-corrected chi connectivity index (χ2v) is 5.49. The van der Waals surface area contributed by atoms with Crippen LogP contribution in [0.4, 0.5) is 4.79 Å². The number of carbonyl (C=O) groups is 2. The van der Waals surface area contributed by atoms with Crippen molar-refractivity contribution in [3.8, 4) is 0 Å². The van der Waals surface area contributed by atoms with Gasteiger partial charge in [-0.15, -0.1) is 0 Å². The normalized spacial score (nSPS) is 11.0. The summed E-state index contributed by atoms with van der Waals surface area (Å²) in [5.41, 5.74) is -0.498. The molecule has 0 saturated heterocycles. The predicted octanol–water partition coefficient (Wildman–Crippen LogP) is 1.68. The molecular weight excluding hydrogens is 240 g/mol. The van der Waals surface area contributed by atoms with E-state index in [0.29, 0.717) is 13.0 Å². The van der Waals surface area contributed by atoms with Gasteiger partial charge in [0.1, 0.15) is 0 Å². The summed E-state index contributed by atoms with van der Waals surface area (Å²) in [5, 5.41) is 14.1. The molecule has 0 bridgehead atoms. The number of amides is 2. The van der Waals surface area contributed by atoms with E-state index in [1.807, 2.05) is 20.1 Å². The highest BCUT2D eigenvalue weighted by atomic mass is 32.2. The molecule has 0 aliphatic heterocycles. The first-order chi connectivity index (χ1) is 7.87. The number of thioether (sulfide) groups is 1. The Morgan fingerprint density at radius 1 is 1.35 bits per heavy atom. The van der Waals surface area contributed by atoms with Gasteiger partial charge in [0.05, 0.1) is 0 Å². The summed E-state index contributed by atoms with van der Waals surface area (Å²) in [4.78, 5) is 21.9. The zero-order valence-corrected chi connectivity index (χ0v) is 11.5. The number of urea groups is 1. The second-order valence-electron chi connectivity index (χ2n) is 4.50. The van der Waals surface area contributed by atoms with Crippen LogP contribution in [0.2, 0.25) is 0 Å². The van der Waals surface area contributed by atoms with Gasteiger partial charge in [0.25, 0.3) is 0 Å². The lowest BCUT2D eigenvalue weighted by Gasteiger charge is -2.25. The van der Waals surface area contributed by atoms with E-state index in [-0.39, 0.29) is 12.5 Å². The first-order valence-electron chi connectivity index (χ1n) is 5.64. The second kappa shape index (κ2) is 8.22. The molecule has 100 valence electrons. The standard InChI is InChI=1S/C11H22N2O3S/c1-11(2,6-5-9(14)15)13-10(16)12-7-4-8-17-3/h4-8H2,1-3H3,(H,14,15)(H2,12,13,16). The quantitative estimate of drug-likeness (QED) is 0.582. The van der Waals surface area contributed by atoms with Crippen molar-refractivity contribution in [2.75, 3.05) is 18.6 Å². The van der Waals surface area contributed by atoms with Gasteiger partial charge in [-0.3, -0.25) is 4.79 Å². The highest BCUT2D eigenvalue weighted by Gasteiger charge is 2.21. The van der Waals surface area contributed by atoms with Crippen molar-refractivity contribution in [2.45, 2.75) is 38.6 Å². The summed E-state index contributed by atoms with van der Waals surface area (Å²) in [5.74, 6) is 0.170. The number of aliphatic carboxylic acids is 1. The molecule has 0 spiro atoms. The molecule has 3 N–H and O–H groups in total. The lowest BCUT2D eigenvalue weighted by atomic mass is 9.99. The van der Waals surface area contributed by atoms with E-state index in [0.717, 1.165) is 12.2 Å². The lowest BCUT2D eigenvalue weighted by molar-refractivity contribution is -0.137. The summed E-state index contributed by atoms with van der Waals surface area (Å²) in [6, 6.07) is -0.235. The monoisotopic (exact) mass is 262 g/mol. The summed E-state index contributed by atoms with van der Waals surface area (Å²) in [7, 11) is 0. The molecule has 0 aromatic carbocycles. The molecule has 2 amide bonds. The molecule has 0 aliphatic carbocycles. The molecular formula is C11H22N2O3S. The van der Waals surface area contributed by atoms with Crippen molar-refractivity contribution in [2.24, 2.45) is 0 Å². The van der Waals surface area contributed by atoms with Crippen molar-refractivity contribution >= 4 is 23.8 Å². The number of rotatable bonds is 8. The maximum absolute atomic E-state index is 11.5. The van der Waals surface area contributed by atoms with E-state index in [1.54, 1.807) is 11.8 Å². The van der Waals surface area contributed by atoms with E-state index in [9.17, 15) is 9.59 Å². The molecule has 0 aliphatic rings. The van der Waals surface area contributed by atoms with E-state index in [2.05, 4.69) is 10.6 Å². The molecule has 0 radical (unpaired) electrons. The van der Waals surface area contributed by atoms with E-state index >= 15 is 0 Å². The van der Waals surface area contributed by atoms with Crippen LogP contribution < -0.4 is 10.6 Å². The molecule has 5 nitrogen and oxygen atoms in total. The van der Waals surface area contributed by atoms with Crippen molar-refractivity contribution in [1.29, 1.82) is 0 Å². The third-order valence-electron chi connectivity index (χ3n) is 2.23. The van der Waals surface area contributed by atoms with Crippen LogP contribution in [0.3, 0.4) is 0 Å². The van der Waals surface area contributed by atoms with Crippen LogP contribution >= 0.6 is 11.8 Å². The van der Waals surface area contributed by atoms with E-state index in [1.165, 1.54) is 0 Å². The van der Waals surface area contributed by atoms with Crippen LogP contribution in [-0.4, -0.2) is 41.2 Å². The summed E-state index contributed by atoms with van der Waals surface area (Å²) in [6.45, 7) is 4.27. The van der Waals surface area contributed by atoms with Gasteiger partial charge in [0.2, 0.25) is 0 Å². The third-order valence-corrected chi connectivity index (χ3v) is 2.92. The molecule has 0 unspecified atom stereocenters. The van der Waals surface area contributed by atoms with Crippen molar-refractivity contribution in [3.05, 3.63) is 0 Å². The Morgan fingerprint density at radius 3 is 2.53 bits per heavy atom. The number of carboxylic acid groups (broad SMARTS) is 1. The van der Waals surface area contributed by atoms with Crippen LogP contribution in [0, 0.1) is 0 Å². The van der Waals surface area contributed by atoms with Gasteiger partial charge >= 0.3 is 12.0 Å². The van der Waals surface area contributed by atoms with Gasteiger partial charge < -0.3 is 15.7 Å². The Morgan fingerprint density at radius 2 is 2.00 bits per heavy atom. The summed E-state index contributed by atoms with van der Waals surface area (Å²) >= 11 is 1.74. The topological polar surface area (TPSA) is 78.4 Å². The molecule has 0 rings (SSSR count). The SMILES string of the molecule is CSCCCNC(=O)NC(C)(C)CCC(=O)O. The maximum Gasteiger partial charge on any atom is 0.315 e. The minimum atomic E-state index is -0.847. The Bertz CT molecular complexity index is 257. The van der Waals surface area contributed by atoms with Gasteiger partial charge in [-0.25, -0.2) is 4.79 Å². The molecule has 0 saturated carbocycles. The third kappa shape index (κ3) is 9.99. The predicted molar refractivity (Wildman–Crippen MR) is 70.5 cm³/mol. The molecule has 0 aromatic rings. The van der Waals surface area contributed by atoms with Crippen molar-refractivity contribution in [1.82, 2.24) is 10.6 Å². The lowest BCUT2D eigenvalue weighted by Crippen LogP contribution is -2.48. The number of nitrogens with one attached hydrogen (secondary N) is 2. The molecule has 17 heavy (non-hydrogen) atoms. The first-order valence-corrected chi connectivity index (χ1v) is 7.03. The van der Waals surface area contributed by atoms with Gasteiger partial charge in [0, 0.05) is 18.5 Å². The number of carboxylic acids is 1. The van der Waals surface area contributed by atoms with Crippen LogP contribution in [0.5, 0.6) is 0 Å². The summed E-state index contributed by atoms with van der Waals surface area (Å²) < 4.78 is 0. The average molecular weight is 262 g/mol. The average Bonchev–Trinajstić information content (AvgIpc) is 2.21. The minimum absolute atomic E-state index is 0.0553. The number of hydrogen-bond donors (Lipinski definition) is 3. The number of carbonyl (C=O) groups excluding carboxylic acids is 1. The number of hydrogen-bond acceptors (Lipinski definition) is 3. The van der Waals surface area contributed by atoms with Crippen LogP contribution in [-0.2, 0) is 4.79 Å². The van der Waals surface area contributed by atoms with Crippen LogP contribution in [0.1, 0.15) is 33.1 Å². The fourth-order valence-corrected chi connectivity index (χ4v) is 1.68. The highest BCUT2D eigenvalue weighted by molar-refractivity contribution is 7.98. The minimum Gasteiger partial charge on any atom is -0.481 e. The Hall–Kier alpha value is -0.910. The van der Waals surface area contributed by atoms with E-state index in [4.69, 9.17) is 5.11 Å². The van der Waals surface area contributed by atoms with Crippen molar-refractivity contribution < 1.29 is 14.7 Å². The van der Waals surface area contributed by atoms with E-state index < -0.39 is 11.5 Å². The fraction of sp³-hybridized carbons (Fsp3) is 0.818. The molecule has 0 atom stereocenters. The molecule has 0 fully saturated rings. The van der Waals surface area contributed by atoms with Crippen molar-refractivity contribution in [3.63, 3.8) is 0 Å². The Labute approximate surface area is 107 Å². The molecule has 0 heterocycles. The molecule has 6 heteroatoms.